The number of hydrogen-bond donors (Lipinski definition) is 0. The van der Waals surface area contributed by atoms with E-state index in [0.717, 1.165) is 25.9 Å². The molecule has 0 spiro atoms. The highest BCUT2D eigenvalue weighted by atomic mass is 19.1. The van der Waals surface area contributed by atoms with Gasteiger partial charge in [-0.2, -0.15) is 5.26 Å². The first kappa shape index (κ1) is 12.8. The fourth-order valence-corrected chi connectivity index (χ4v) is 2.51. The van der Waals surface area contributed by atoms with E-state index in [2.05, 4.69) is 11.9 Å². The number of likely N-dealkylation sites (tertiary alicyclic amines) is 1. The third kappa shape index (κ3) is 2.62. The van der Waals surface area contributed by atoms with Crippen molar-refractivity contribution in [2.24, 2.45) is 0 Å². The Labute approximate surface area is 107 Å². The number of anilines is 1. The maximum Gasteiger partial charge on any atom is 0.147 e. The van der Waals surface area contributed by atoms with Crippen molar-refractivity contribution in [2.75, 3.05) is 32.1 Å². The first-order valence-corrected chi connectivity index (χ1v) is 6.23. The van der Waals surface area contributed by atoms with E-state index in [1.54, 1.807) is 12.1 Å². The number of likely N-dealkylation sites (N-methyl/N-ethyl adjacent to an activating group) is 2. The molecule has 3 nitrogen and oxygen atoms in total. The summed E-state index contributed by atoms with van der Waals surface area (Å²) in [7, 11) is 4.02. The number of benzene rings is 1. The predicted octanol–water partition coefficient (Wildman–Crippen LogP) is 2.23. The zero-order valence-corrected chi connectivity index (χ0v) is 10.9. The van der Waals surface area contributed by atoms with Crippen LogP contribution in [0.4, 0.5) is 10.1 Å². The van der Waals surface area contributed by atoms with Crippen molar-refractivity contribution in [1.29, 1.82) is 5.26 Å². The smallest absolute Gasteiger partial charge is 0.147 e. The molecule has 0 saturated carbocycles. The van der Waals surface area contributed by atoms with Gasteiger partial charge in [0, 0.05) is 19.6 Å². The summed E-state index contributed by atoms with van der Waals surface area (Å²) in [6, 6.07) is 6.96. The molecule has 0 aliphatic carbocycles. The second-order valence-corrected chi connectivity index (χ2v) is 4.95. The van der Waals surface area contributed by atoms with Crippen molar-refractivity contribution >= 4 is 5.69 Å². The van der Waals surface area contributed by atoms with Crippen LogP contribution in [-0.2, 0) is 0 Å². The Morgan fingerprint density at radius 3 is 2.89 bits per heavy atom. The van der Waals surface area contributed by atoms with Crippen LogP contribution in [0.1, 0.15) is 18.4 Å². The lowest BCUT2D eigenvalue weighted by Crippen LogP contribution is -2.45. The van der Waals surface area contributed by atoms with Gasteiger partial charge in [-0.3, -0.25) is 0 Å². The highest BCUT2D eigenvalue weighted by Crippen LogP contribution is 2.24. The van der Waals surface area contributed by atoms with Crippen LogP contribution < -0.4 is 4.90 Å². The van der Waals surface area contributed by atoms with Gasteiger partial charge in [0.2, 0.25) is 0 Å². The Hall–Kier alpha value is -1.60. The van der Waals surface area contributed by atoms with Crippen LogP contribution in [0.3, 0.4) is 0 Å². The lowest BCUT2D eigenvalue weighted by molar-refractivity contribution is 0.247. The minimum absolute atomic E-state index is 0.315. The summed E-state index contributed by atoms with van der Waals surface area (Å²) < 4.78 is 13.9. The van der Waals surface area contributed by atoms with Gasteiger partial charge in [-0.1, -0.05) is 0 Å². The number of rotatable bonds is 2. The maximum atomic E-state index is 13.9. The summed E-state index contributed by atoms with van der Waals surface area (Å²) in [4.78, 5) is 4.26. The first-order chi connectivity index (χ1) is 8.61. The SMILES string of the molecule is CN1CCCC(N(C)c2ccc(C#N)cc2F)C1. The minimum atomic E-state index is -0.315. The van der Waals surface area contributed by atoms with Crippen molar-refractivity contribution in [3.05, 3.63) is 29.6 Å². The Balaban J connectivity index is 2.18. The lowest BCUT2D eigenvalue weighted by atomic mass is 10.0. The largest absolute Gasteiger partial charge is 0.368 e. The molecule has 0 radical (unpaired) electrons. The van der Waals surface area contributed by atoms with E-state index in [4.69, 9.17) is 5.26 Å². The molecule has 18 heavy (non-hydrogen) atoms. The molecule has 1 fully saturated rings. The molecule has 1 saturated heterocycles. The van der Waals surface area contributed by atoms with Crippen LogP contribution in [0.2, 0.25) is 0 Å². The molecule has 4 heteroatoms. The molecule has 2 rings (SSSR count). The molecule has 1 aliphatic rings. The van der Waals surface area contributed by atoms with Gasteiger partial charge in [-0.05, 0) is 44.6 Å². The average Bonchev–Trinajstić information content (AvgIpc) is 2.37. The number of hydrogen-bond acceptors (Lipinski definition) is 3. The number of nitrogens with zero attached hydrogens (tertiary/aromatic N) is 3. The molecular formula is C14H18FN3. The predicted molar refractivity (Wildman–Crippen MR) is 70.0 cm³/mol. The second kappa shape index (κ2) is 5.36. The molecule has 0 bridgehead atoms. The quantitative estimate of drug-likeness (QED) is 0.803. The highest BCUT2D eigenvalue weighted by Gasteiger charge is 2.22. The molecule has 0 amide bonds. The van der Waals surface area contributed by atoms with E-state index in [1.807, 2.05) is 18.0 Å². The van der Waals surface area contributed by atoms with Crippen LogP contribution >= 0.6 is 0 Å². The van der Waals surface area contributed by atoms with Crippen LogP contribution in [0.25, 0.3) is 0 Å². The van der Waals surface area contributed by atoms with Crippen molar-refractivity contribution in [2.45, 2.75) is 18.9 Å². The topological polar surface area (TPSA) is 30.3 Å². The van der Waals surface area contributed by atoms with Gasteiger partial charge in [0.25, 0.3) is 0 Å². The van der Waals surface area contributed by atoms with Gasteiger partial charge in [0.15, 0.2) is 0 Å². The Morgan fingerprint density at radius 2 is 2.28 bits per heavy atom. The monoisotopic (exact) mass is 247 g/mol. The fraction of sp³-hybridized carbons (Fsp3) is 0.500. The van der Waals surface area contributed by atoms with Crippen LogP contribution in [0.15, 0.2) is 18.2 Å². The summed E-state index contributed by atoms with van der Waals surface area (Å²) in [6.45, 7) is 2.07. The highest BCUT2D eigenvalue weighted by molar-refractivity contribution is 5.51. The Kier molecular flexibility index (Phi) is 3.83. The van der Waals surface area contributed by atoms with E-state index in [1.165, 1.54) is 6.07 Å². The zero-order chi connectivity index (χ0) is 13.1. The molecule has 1 aliphatic heterocycles. The third-order valence-electron chi connectivity index (χ3n) is 3.60. The van der Waals surface area contributed by atoms with Crippen molar-refractivity contribution in [3.8, 4) is 6.07 Å². The van der Waals surface area contributed by atoms with Crippen LogP contribution in [-0.4, -0.2) is 38.1 Å². The van der Waals surface area contributed by atoms with Gasteiger partial charge in [0.1, 0.15) is 5.82 Å². The van der Waals surface area contributed by atoms with Gasteiger partial charge in [0.05, 0.1) is 17.3 Å². The normalized spacial score (nSPS) is 20.4. The summed E-state index contributed by atoms with van der Waals surface area (Å²) >= 11 is 0. The van der Waals surface area contributed by atoms with Crippen molar-refractivity contribution in [3.63, 3.8) is 0 Å². The average molecular weight is 247 g/mol. The number of nitriles is 1. The summed E-state index contributed by atoms with van der Waals surface area (Å²) in [5.74, 6) is -0.315. The third-order valence-corrected chi connectivity index (χ3v) is 3.60. The van der Waals surface area contributed by atoms with E-state index >= 15 is 0 Å². The van der Waals surface area contributed by atoms with Crippen LogP contribution in [0, 0.1) is 17.1 Å². The van der Waals surface area contributed by atoms with Gasteiger partial charge < -0.3 is 9.80 Å². The van der Waals surface area contributed by atoms with E-state index in [0.29, 0.717) is 17.3 Å². The molecule has 96 valence electrons. The second-order valence-electron chi connectivity index (χ2n) is 4.95. The molecule has 0 N–H and O–H groups in total. The molecule has 0 aromatic heterocycles. The molecule has 1 heterocycles. The number of halogens is 1. The number of piperidine rings is 1. The van der Waals surface area contributed by atoms with Gasteiger partial charge in [-0.15, -0.1) is 0 Å². The van der Waals surface area contributed by atoms with Crippen molar-refractivity contribution < 1.29 is 4.39 Å². The van der Waals surface area contributed by atoms with Crippen LogP contribution in [0.5, 0.6) is 0 Å². The van der Waals surface area contributed by atoms with E-state index in [9.17, 15) is 4.39 Å². The standard InChI is InChI=1S/C14H18FN3/c1-17-7-3-4-12(10-17)18(2)14-6-5-11(9-16)8-13(14)15/h5-6,8,12H,3-4,7,10H2,1-2H3. The van der Waals surface area contributed by atoms with E-state index in [-0.39, 0.29) is 5.82 Å². The molecule has 1 atom stereocenters. The Bertz CT molecular complexity index is 467. The molecule has 1 unspecified atom stereocenters. The molecule has 1 aromatic rings. The molecule has 1 aromatic carbocycles. The summed E-state index contributed by atoms with van der Waals surface area (Å²) in [5, 5.41) is 8.74. The molecular weight excluding hydrogens is 229 g/mol. The minimum Gasteiger partial charge on any atom is -0.368 e. The van der Waals surface area contributed by atoms with Gasteiger partial charge in [-0.25, -0.2) is 4.39 Å². The van der Waals surface area contributed by atoms with Crippen molar-refractivity contribution in [1.82, 2.24) is 4.90 Å². The zero-order valence-electron chi connectivity index (χ0n) is 10.9. The lowest BCUT2D eigenvalue weighted by Gasteiger charge is -2.37. The Morgan fingerprint density at radius 1 is 1.50 bits per heavy atom. The summed E-state index contributed by atoms with van der Waals surface area (Å²) in [6.07, 6.45) is 2.23. The van der Waals surface area contributed by atoms with E-state index < -0.39 is 0 Å². The van der Waals surface area contributed by atoms with Gasteiger partial charge >= 0.3 is 0 Å². The summed E-state index contributed by atoms with van der Waals surface area (Å²) in [5.41, 5.74) is 0.944. The fourth-order valence-electron chi connectivity index (χ4n) is 2.51. The first-order valence-electron chi connectivity index (χ1n) is 6.23. The maximum absolute atomic E-state index is 13.9.